The molecule has 4 saturated carbocycles. The lowest BCUT2D eigenvalue weighted by Gasteiger charge is -2.60. The van der Waals surface area contributed by atoms with E-state index in [0.29, 0.717) is 49.9 Å². The van der Waals surface area contributed by atoms with E-state index in [4.69, 9.17) is 66.3 Å². The average molecular weight is 1360 g/mol. The first-order valence-electron chi connectivity index (χ1n) is 33.6. The van der Waals surface area contributed by atoms with E-state index in [9.17, 15) is 91.6 Å². The fraction of sp³-hybridized carbons (Fsp3) is 0.984. The highest BCUT2D eigenvalue weighted by Gasteiger charge is 2.72. The summed E-state index contributed by atoms with van der Waals surface area (Å²) in [6.45, 7) is 6.36. The third-order valence-electron chi connectivity index (χ3n) is 24.1. The normalized spacial score (nSPS) is 57.0. The molecule has 12 rings (SSSR count). The number of ketones is 1. The van der Waals surface area contributed by atoms with E-state index in [1.165, 1.54) is 6.92 Å². The highest BCUT2D eigenvalue weighted by molar-refractivity contribution is 5.87. The van der Waals surface area contributed by atoms with Gasteiger partial charge in [0.25, 0.3) is 0 Å². The highest BCUT2D eigenvalue weighted by atomic mass is 16.8. The smallest absolute Gasteiger partial charge is 0.187 e. The van der Waals surface area contributed by atoms with E-state index in [-0.39, 0.29) is 41.1 Å². The van der Waals surface area contributed by atoms with E-state index < -0.39 is 228 Å². The van der Waals surface area contributed by atoms with Crippen LogP contribution in [0.4, 0.5) is 0 Å². The molecule has 8 saturated heterocycles. The highest BCUT2D eigenvalue weighted by Crippen LogP contribution is 2.70. The molecule has 0 amide bonds. The molecule has 0 aromatic heterocycles. The Labute approximate surface area is 542 Å². The Morgan fingerprint density at radius 3 is 1.63 bits per heavy atom. The number of aliphatic hydroxyl groups excluding tert-OH is 17. The first-order chi connectivity index (χ1) is 44.6. The predicted molar refractivity (Wildman–Crippen MR) is 306 cm³/mol. The summed E-state index contributed by atoms with van der Waals surface area (Å²) in [5.74, 6) is 0.988. The summed E-state index contributed by atoms with van der Waals surface area (Å²) in [5, 5.41) is 187. The molecule has 0 aromatic rings. The average Bonchev–Trinajstić information content (AvgIpc) is 1.52. The molecule has 540 valence electrons. The van der Waals surface area contributed by atoms with Gasteiger partial charge in [0.15, 0.2) is 43.5 Å². The SMILES string of the molecule is C[C@@H]1CC[C@@]2(OC1)O[C@H]1C[C@H]3[C@@H]4CC[C@H]5C[C@@H](O[C@@H]6O[C@H](CO)[C@H](O[C@@H]7O[C@H](CO)[C@@H](O)[C@H](O[C@@H]8OC[C@@H](O[C@@H]9O[C@@H](C)[C@H](O)[C@@H](O)[C@H]9O)[C@H](O[C@@H]9O[C@H](CO)[C@@H](O)[C@H](O)[C@H]9O)[C@H]8O)[C@H]7O[C@@H]7O[C@H](CO)[C@@H](O)[C@H](O)[C@H]7O)[C@H](O)[C@H]6O)CC[C@]5(C)[C@H]4CC(=O)[C@]3(C)[C@H]1[C@@H]2C. The molecule has 0 bridgehead atoms. The Morgan fingerprint density at radius 1 is 0.468 bits per heavy atom. The molecule has 41 atom stereocenters. The summed E-state index contributed by atoms with van der Waals surface area (Å²) in [5.41, 5.74) is -0.741. The Hall–Kier alpha value is -1.57. The maximum Gasteiger partial charge on any atom is 0.187 e. The van der Waals surface area contributed by atoms with Crippen LogP contribution >= 0.6 is 0 Å². The van der Waals surface area contributed by atoms with Crippen LogP contribution in [0, 0.1) is 52.3 Å². The van der Waals surface area contributed by atoms with Crippen molar-refractivity contribution in [1.82, 2.24) is 0 Å². The molecule has 0 aromatic carbocycles. The fourth-order valence-electron chi connectivity index (χ4n) is 18.4. The maximum atomic E-state index is 14.8. The number of carbonyl (C=O) groups excluding carboxylic acids is 1. The van der Waals surface area contributed by atoms with E-state index in [1.807, 2.05) is 0 Å². The number of ether oxygens (including phenoxy) is 14. The molecule has 12 aliphatic rings. The van der Waals surface area contributed by atoms with Crippen molar-refractivity contribution in [3.05, 3.63) is 0 Å². The van der Waals surface area contributed by atoms with Crippen molar-refractivity contribution < 1.29 is 158 Å². The van der Waals surface area contributed by atoms with Crippen molar-refractivity contribution in [2.75, 3.05) is 39.6 Å². The summed E-state index contributed by atoms with van der Waals surface area (Å²) < 4.78 is 85.9. The van der Waals surface area contributed by atoms with Gasteiger partial charge >= 0.3 is 0 Å². The van der Waals surface area contributed by atoms with Crippen LogP contribution in [-0.4, -0.2) is 328 Å². The third-order valence-corrected chi connectivity index (χ3v) is 24.1. The number of rotatable bonds is 16. The summed E-state index contributed by atoms with van der Waals surface area (Å²) in [7, 11) is 0. The van der Waals surface area contributed by atoms with Crippen LogP contribution in [0.5, 0.6) is 0 Å². The Morgan fingerprint density at radius 2 is 1.01 bits per heavy atom. The second kappa shape index (κ2) is 28.3. The maximum absolute atomic E-state index is 14.8. The molecule has 8 heterocycles. The molecule has 94 heavy (non-hydrogen) atoms. The molecule has 8 aliphatic heterocycles. The predicted octanol–water partition coefficient (Wildman–Crippen LogP) is -6.42. The largest absolute Gasteiger partial charge is 0.394 e. The molecule has 32 heteroatoms. The molecule has 1 spiro atoms. The van der Waals surface area contributed by atoms with Crippen molar-refractivity contribution in [3.63, 3.8) is 0 Å². The molecular formula is C62H100O32. The summed E-state index contributed by atoms with van der Waals surface area (Å²) in [4.78, 5) is 14.8. The topological polar surface area (TPSA) is 490 Å². The molecule has 17 N–H and O–H groups in total. The van der Waals surface area contributed by atoms with Crippen LogP contribution in [0.2, 0.25) is 0 Å². The van der Waals surface area contributed by atoms with Crippen LogP contribution in [-0.2, 0) is 71.1 Å². The number of carbonyl (C=O) groups is 1. The zero-order chi connectivity index (χ0) is 67.5. The second-order valence-corrected chi connectivity index (χ2v) is 29.3. The Balaban J connectivity index is 0.757. The van der Waals surface area contributed by atoms with Gasteiger partial charge in [-0.15, -0.1) is 0 Å². The van der Waals surface area contributed by atoms with E-state index in [1.54, 1.807) is 0 Å². The Kier molecular flexibility index (Phi) is 21.8. The monoisotopic (exact) mass is 1360 g/mol. The van der Waals surface area contributed by atoms with E-state index in [0.717, 1.165) is 32.1 Å². The summed E-state index contributed by atoms with van der Waals surface area (Å²) in [6, 6.07) is 0. The fourth-order valence-corrected chi connectivity index (χ4v) is 18.4. The second-order valence-electron chi connectivity index (χ2n) is 29.3. The third kappa shape index (κ3) is 12.6. The van der Waals surface area contributed by atoms with Gasteiger partial charge in [-0.2, -0.15) is 0 Å². The first-order valence-corrected chi connectivity index (χ1v) is 33.6. The number of Topliss-reactive ketones (excluding diaryl/α,β-unsaturated/α-hetero) is 1. The lowest BCUT2D eigenvalue weighted by Crippen LogP contribution is -2.69. The van der Waals surface area contributed by atoms with Gasteiger partial charge in [-0.3, -0.25) is 4.79 Å². The lowest BCUT2D eigenvalue weighted by atomic mass is 9.44. The number of fused-ring (bicyclic) bond motifs is 7. The van der Waals surface area contributed by atoms with Gasteiger partial charge in [0.1, 0.15) is 140 Å². The minimum absolute atomic E-state index is 0.0535. The van der Waals surface area contributed by atoms with Gasteiger partial charge < -0.3 is 153 Å². The molecule has 4 aliphatic carbocycles. The zero-order valence-corrected chi connectivity index (χ0v) is 53.3. The minimum Gasteiger partial charge on any atom is -0.394 e. The molecule has 32 nitrogen and oxygen atoms in total. The van der Waals surface area contributed by atoms with Crippen LogP contribution in [0.15, 0.2) is 0 Å². The van der Waals surface area contributed by atoms with Gasteiger partial charge in [0.2, 0.25) is 0 Å². The van der Waals surface area contributed by atoms with Crippen molar-refractivity contribution in [1.29, 1.82) is 0 Å². The Bertz CT molecular complexity index is 2530. The molecule has 0 radical (unpaired) electrons. The van der Waals surface area contributed by atoms with Crippen molar-refractivity contribution >= 4 is 5.78 Å². The minimum atomic E-state index is -2.23. The van der Waals surface area contributed by atoms with E-state index >= 15 is 0 Å². The zero-order valence-electron chi connectivity index (χ0n) is 53.3. The number of hydrogen-bond donors (Lipinski definition) is 17. The van der Waals surface area contributed by atoms with Gasteiger partial charge in [0.05, 0.1) is 58.0 Å². The number of aliphatic hydroxyl groups is 17. The van der Waals surface area contributed by atoms with Crippen molar-refractivity contribution in [2.24, 2.45) is 52.3 Å². The number of hydrogen-bond acceptors (Lipinski definition) is 32. The first kappa shape index (κ1) is 72.2. The quantitative estimate of drug-likeness (QED) is 0.0639. The van der Waals surface area contributed by atoms with Gasteiger partial charge in [-0.05, 0) is 86.9 Å². The summed E-state index contributed by atoms with van der Waals surface area (Å²) in [6.07, 6.45) is -48.1. The van der Waals surface area contributed by atoms with Crippen LogP contribution < -0.4 is 0 Å². The lowest BCUT2D eigenvalue weighted by molar-refractivity contribution is -0.410. The molecular weight excluding hydrogens is 1260 g/mol. The summed E-state index contributed by atoms with van der Waals surface area (Å²) >= 11 is 0. The molecule has 12 fully saturated rings. The van der Waals surface area contributed by atoms with Gasteiger partial charge in [-0.25, -0.2) is 0 Å². The van der Waals surface area contributed by atoms with Crippen LogP contribution in [0.3, 0.4) is 0 Å². The standard InChI is InChI=1S/C62H100O32/c1-21-8-11-62(82-19-21)22(2)36-29(94-62)13-28-26-7-6-24-12-25(9-10-60(24,4)27(26)14-35(67)61(28,36)5)84-56-48(79)44(75)50(33(18-66)88-56)91-59-53(93-58-47(78)43(74)39(70)31(16-64)86-58)52(40(71)32(17-65)87-59)92-54-49(80)51(90-57-46(77)42(73)38(69)30(15-63)85-57)34(20-81-54)89-55-45(76)41(72)37(68)23(3)83-55/h21-34,36-59,63-66,68-80H,6-20H2,1-5H3/t21-,22+,23+,24+,25+,26-,27+,28+,29+,30-,31-,32-,33-,34-,36+,37+,38-,39-,40-,41-,42+,43+,44-,45-,46-,47-,48-,49-,50+,51+,52+,53-,54+,55+,56-,57+,58+,59+,60+,61-,62-/m1/s1. The van der Waals surface area contributed by atoms with Gasteiger partial charge in [0, 0.05) is 30.1 Å². The van der Waals surface area contributed by atoms with E-state index in [2.05, 4.69) is 27.7 Å². The molecule has 0 unspecified atom stereocenters. The van der Waals surface area contributed by atoms with Crippen LogP contribution in [0.1, 0.15) is 92.4 Å². The van der Waals surface area contributed by atoms with Crippen molar-refractivity contribution in [2.45, 2.75) is 289 Å². The van der Waals surface area contributed by atoms with Crippen LogP contribution in [0.25, 0.3) is 0 Å². The van der Waals surface area contributed by atoms with Gasteiger partial charge in [-0.1, -0.05) is 27.7 Å². The van der Waals surface area contributed by atoms with Crippen molar-refractivity contribution in [3.8, 4) is 0 Å².